The van der Waals surface area contributed by atoms with Crippen molar-refractivity contribution in [2.75, 3.05) is 20.6 Å². The summed E-state index contributed by atoms with van der Waals surface area (Å²) in [7, 11) is -0.602. The summed E-state index contributed by atoms with van der Waals surface area (Å²) in [5.41, 5.74) is 1.78. The first-order valence-electron chi connectivity index (χ1n) is 5.85. The lowest BCUT2D eigenvalue weighted by Crippen LogP contribution is -2.14. The number of benzene rings is 1. The van der Waals surface area contributed by atoms with E-state index in [0.29, 0.717) is 0 Å². The number of H-pyrrole nitrogens is 1. The van der Waals surface area contributed by atoms with Crippen molar-refractivity contribution in [1.29, 1.82) is 0 Å². The van der Waals surface area contributed by atoms with Crippen LogP contribution in [0.5, 0.6) is 5.75 Å². The van der Waals surface area contributed by atoms with Gasteiger partial charge < -0.3 is 30.8 Å². The molecule has 10 heteroatoms. The molecule has 9 N–H and O–H groups in total. The fourth-order valence-corrected chi connectivity index (χ4v) is 2.37. The highest BCUT2D eigenvalue weighted by molar-refractivity contribution is 7.46. The molecule has 2 rings (SSSR count). The minimum absolute atomic E-state index is 0. The zero-order valence-electron chi connectivity index (χ0n) is 12.3. The Morgan fingerprint density at radius 3 is 2.41 bits per heavy atom. The van der Waals surface area contributed by atoms with Gasteiger partial charge in [-0.2, -0.15) is 0 Å². The Balaban J connectivity index is 0. The summed E-state index contributed by atoms with van der Waals surface area (Å²) >= 11 is 0. The van der Waals surface area contributed by atoms with Gasteiger partial charge in [0.1, 0.15) is 5.75 Å². The molecule has 1 aromatic carbocycles. The van der Waals surface area contributed by atoms with Crippen LogP contribution in [0.3, 0.4) is 0 Å². The zero-order chi connectivity index (χ0) is 14.0. The molecular formula is C12H23N2O7P. The van der Waals surface area contributed by atoms with Crippen LogP contribution < -0.4 is 4.52 Å². The first kappa shape index (κ1) is 22.8. The molecule has 0 fully saturated rings. The van der Waals surface area contributed by atoms with Crippen LogP contribution in [-0.4, -0.2) is 56.7 Å². The maximum Gasteiger partial charge on any atom is 0.524 e. The topological polar surface area (TPSA) is 180 Å². The number of phosphoric acid groups is 1. The van der Waals surface area contributed by atoms with Crippen molar-refractivity contribution in [3.8, 4) is 5.75 Å². The highest BCUT2D eigenvalue weighted by Crippen LogP contribution is 2.41. The third-order valence-electron chi connectivity index (χ3n) is 2.79. The zero-order valence-corrected chi connectivity index (χ0v) is 13.2. The summed E-state index contributed by atoms with van der Waals surface area (Å²) < 4.78 is 15.8. The largest absolute Gasteiger partial charge is 0.524 e. The summed E-state index contributed by atoms with van der Waals surface area (Å²) in [6.45, 7) is 0.844. The summed E-state index contributed by atoms with van der Waals surface area (Å²) in [4.78, 5) is 23.0. The average molecular weight is 338 g/mol. The van der Waals surface area contributed by atoms with E-state index < -0.39 is 7.82 Å². The molecule has 0 spiro atoms. The van der Waals surface area contributed by atoms with E-state index in [1.807, 2.05) is 31.3 Å². The van der Waals surface area contributed by atoms with Crippen molar-refractivity contribution >= 4 is 18.7 Å². The smallest absolute Gasteiger partial charge is 0.412 e. The minimum atomic E-state index is -4.55. The molecule has 2 aromatic rings. The molecule has 0 bridgehead atoms. The van der Waals surface area contributed by atoms with Gasteiger partial charge in [-0.3, -0.25) is 9.79 Å². The van der Waals surface area contributed by atoms with Crippen molar-refractivity contribution in [2.45, 2.75) is 6.42 Å². The summed E-state index contributed by atoms with van der Waals surface area (Å²) in [5.74, 6) is 0.209. The van der Waals surface area contributed by atoms with E-state index in [2.05, 4.69) is 4.98 Å². The number of nitrogens with zero attached hydrogens (tertiary/aromatic N) is 1. The van der Waals surface area contributed by atoms with Gasteiger partial charge in [0.15, 0.2) is 0 Å². The second kappa shape index (κ2) is 8.86. The van der Waals surface area contributed by atoms with Crippen molar-refractivity contribution in [3.05, 3.63) is 30.0 Å². The van der Waals surface area contributed by atoms with E-state index in [1.165, 1.54) is 0 Å². The Morgan fingerprint density at radius 1 is 1.23 bits per heavy atom. The van der Waals surface area contributed by atoms with E-state index in [9.17, 15) is 4.57 Å². The number of phosphoric ester groups is 1. The Labute approximate surface area is 127 Å². The summed E-state index contributed by atoms with van der Waals surface area (Å²) in [6, 6.07) is 5.11. The maximum atomic E-state index is 11.0. The third kappa shape index (κ3) is 5.74. The molecule has 0 aliphatic rings. The molecule has 0 saturated carbocycles. The predicted molar refractivity (Wildman–Crippen MR) is 84.1 cm³/mol. The second-order valence-corrected chi connectivity index (χ2v) is 5.79. The van der Waals surface area contributed by atoms with Crippen molar-refractivity contribution < 1.29 is 35.3 Å². The van der Waals surface area contributed by atoms with Crippen LogP contribution in [0.15, 0.2) is 24.4 Å². The normalized spacial score (nSPS) is 10.6. The molecule has 0 aliphatic heterocycles. The SMILES string of the molecule is CN(C)CCc1c[nH]c2cccc(OP(=O)(O)O)c12.O.O.O. The van der Waals surface area contributed by atoms with Crippen LogP contribution in [0.25, 0.3) is 10.9 Å². The van der Waals surface area contributed by atoms with Crippen molar-refractivity contribution in [2.24, 2.45) is 0 Å². The van der Waals surface area contributed by atoms with E-state index in [1.54, 1.807) is 12.1 Å². The fraction of sp³-hybridized carbons (Fsp3) is 0.333. The van der Waals surface area contributed by atoms with Gasteiger partial charge >= 0.3 is 7.82 Å². The first-order valence-corrected chi connectivity index (χ1v) is 7.39. The molecule has 9 nitrogen and oxygen atoms in total. The molecule has 128 valence electrons. The standard InChI is InChI=1S/C12H17N2O4P.3H2O/c1-14(2)7-6-9-8-13-10-4-3-5-11(12(9)10)18-19(15,16)17;;;/h3-5,8,13H,6-7H2,1-2H3,(H2,15,16,17);3*1H2. The predicted octanol–water partition coefficient (Wildman–Crippen LogP) is -0.731. The molecule has 0 unspecified atom stereocenters. The van der Waals surface area contributed by atoms with Gasteiger partial charge in [0.05, 0.1) is 0 Å². The minimum Gasteiger partial charge on any atom is -0.412 e. The number of nitrogens with one attached hydrogen (secondary N) is 1. The summed E-state index contributed by atoms with van der Waals surface area (Å²) in [5, 5.41) is 0.729. The van der Waals surface area contributed by atoms with Crippen LogP contribution in [0.2, 0.25) is 0 Å². The Bertz CT molecular complexity index is 623. The van der Waals surface area contributed by atoms with Crippen LogP contribution in [0.1, 0.15) is 5.56 Å². The molecule has 0 saturated heterocycles. The Kier molecular flexibility index (Phi) is 9.20. The van der Waals surface area contributed by atoms with Gasteiger partial charge in [-0.05, 0) is 38.2 Å². The van der Waals surface area contributed by atoms with Gasteiger partial charge in [0, 0.05) is 23.6 Å². The van der Waals surface area contributed by atoms with Crippen LogP contribution in [0.4, 0.5) is 0 Å². The summed E-state index contributed by atoms with van der Waals surface area (Å²) in [6.07, 6.45) is 2.62. The van der Waals surface area contributed by atoms with Crippen molar-refractivity contribution in [1.82, 2.24) is 9.88 Å². The lowest BCUT2D eigenvalue weighted by Gasteiger charge is -2.11. The van der Waals surface area contributed by atoms with Gasteiger partial charge in [-0.25, -0.2) is 4.57 Å². The second-order valence-electron chi connectivity index (χ2n) is 4.63. The number of hydrogen-bond acceptors (Lipinski definition) is 3. The number of aromatic amines is 1. The number of fused-ring (bicyclic) bond motifs is 1. The lowest BCUT2D eigenvalue weighted by atomic mass is 10.1. The molecule has 1 aromatic heterocycles. The maximum absolute atomic E-state index is 11.0. The Hall–Kier alpha value is -1.45. The van der Waals surface area contributed by atoms with Crippen LogP contribution in [-0.2, 0) is 11.0 Å². The number of aromatic nitrogens is 1. The van der Waals surface area contributed by atoms with E-state index in [-0.39, 0.29) is 22.2 Å². The number of likely N-dealkylation sites (N-methyl/N-ethyl adjacent to an activating group) is 1. The van der Waals surface area contributed by atoms with Gasteiger partial charge in [0.2, 0.25) is 0 Å². The molecule has 22 heavy (non-hydrogen) atoms. The van der Waals surface area contributed by atoms with E-state index in [0.717, 1.165) is 29.4 Å². The van der Waals surface area contributed by atoms with Gasteiger partial charge in [-0.15, -0.1) is 0 Å². The molecule has 0 radical (unpaired) electrons. The fourth-order valence-electron chi connectivity index (χ4n) is 1.97. The molecular weight excluding hydrogens is 315 g/mol. The van der Waals surface area contributed by atoms with Crippen LogP contribution in [0, 0.1) is 0 Å². The molecule has 0 amide bonds. The number of hydrogen-bond donors (Lipinski definition) is 3. The van der Waals surface area contributed by atoms with Crippen LogP contribution >= 0.6 is 7.82 Å². The first-order chi connectivity index (χ1) is 8.87. The molecule has 0 atom stereocenters. The van der Waals surface area contributed by atoms with Gasteiger partial charge in [0.25, 0.3) is 0 Å². The third-order valence-corrected chi connectivity index (χ3v) is 3.23. The van der Waals surface area contributed by atoms with E-state index in [4.69, 9.17) is 14.3 Å². The van der Waals surface area contributed by atoms with Gasteiger partial charge in [-0.1, -0.05) is 6.07 Å². The Morgan fingerprint density at radius 2 is 1.86 bits per heavy atom. The average Bonchev–Trinajstić information content (AvgIpc) is 2.68. The highest BCUT2D eigenvalue weighted by atomic mass is 31.2. The lowest BCUT2D eigenvalue weighted by molar-refractivity contribution is 0.284. The molecule has 0 aliphatic carbocycles. The highest BCUT2D eigenvalue weighted by Gasteiger charge is 2.19. The van der Waals surface area contributed by atoms with Crippen molar-refractivity contribution in [3.63, 3.8) is 0 Å². The van der Waals surface area contributed by atoms with E-state index >= 15 is 0 Å². The monoisotopic (exact) mass is 338 g/mol. The molecule has 1 heterocycles. The quantitative estimate of drug-likeness (QED) is 0.606. The number of rotatable bonds is 5.